The van der Waals surface area contributed by atoms with Gasteiger partial charge in [0.2, 0.25) is 0 Å². The first kappa shape index (κ1) is 13.9. The third-order valence-electron chi connectivity index (χ3n) is 4.85. The Labute approximate surface area is 123 Å². The normalized spacial score (nSPS) is 30.3. The Kier molecular flexibility index (Phi) is 3.53. The lowest BCUT2D eigenvalue weighted by Gasteiger charge is -2.41. The van der Waals surface area contributed by atoms with Gasteiger partial charge in [0.25, 0.3) is 0 Å². The second-order valence-electron chi connectivity index (χ2n) is 7.71. The van der Waals surface area contributed by atoms with E-state index in [-0.39, 0.29) is 0 Å². The summed E-state index contributed by atoms with van der Waals surface area (Å²) in [4.78, 5) is 12.0. The molecule has 0 amide bonds. The number of nitrogens with zero attached hydrogens (tertiary/aromatic N) is 4. The molecule has 0 aromatic rings. The molecule has 0 aliphatic carbocycles. The second kappa shape index (κ2) is 5.06. The minimum absolute atomic E-state index is 0.385. The number of aliphatic imine (C=N–C) groups is 1. The van der Waals surface area contributed by atoms with Crippen LogP contribution in [0.25, 0.3) is 0 Å². The van der Waals surface area contributed by atoms with E-state index in [4.69, 9.17) is 0 Å². The molecule has 3 heterocycles. The van der Waals surface area contributed by atoms with E-state index >= 15 is 0 Å². The fourth-order valence-electron chi connectivity index (χ4n) is 3.52. The monoisotopic (exact) mass is 276 g/mol. The number of hydrogen-bond donors (Lipinski definition) is 0. The quantitative estimate of drug-likeness (QED) is 0.787. The zero-order valence-electron chi connectivity index (χ0n) is 13.3. The van der Waals surface area contributed by atoms with Crippen LogP contribution in [0.1, 0.15) is 33.6 Å². The van der Waals surface area contributed by atoms with Crippen molar-refractivity contribution in [3.63, 3.8) is 0 Å². The summed E-state index contributed by atoms with van der Waals surface area (Å²) >= 11 is 0. The maximum atomic E-state index is 4.45. The van der Waals surface area contributed by atoms with E-state index in [9.17, 15) is 0 Å². The molecule has 2 bridgehead atoms. The van der Waals surface area contributed by atoms with E-state index < -0.39 is 0 Å². The predicted octanol–water partition coefficient (Wildman–Crippen LogP) is 2.00. The second-order valence-corrected chi connectivity index (χ2v) is 7.71. The minimum Gasteiger partial charge on any atom is -0.352 e. The van der Waals surface area contributed by atoms with Crippen molar-refractivity contribution in [1.29, 1.82) is 0 Å². The van der Waals surface area contributed by atoms with Crippen LogP contribution in [0.2, 0.25) is 0 Å². The van der Waals surface area contributed by atoms with Gasteiger partial charge in [-0.25, -0.2) is 0 Å². The van der Waals surface area contributed by atoms with Gasteiger partial charge in [0.05, 0.1) is 0 Å². The number of fused-ring (bicyclic) bond motifs is 2. The highest BCUT2D eigenvalue weighted by molar-refractivity contribution is 5.72. The van der Waals surface area contributed by atoms with Crippen LogP contribution >= 0.6 is 0 Å². The maximum Gasteiger partial charge on any atom is 0.111 e. The molecule has 3 aliphatic heterocycles. The SMILES string of the molecule is CN1CC2CC1CN2C1=CC=NCN1CCC(C)(C)C. The van der Waals surface area contributed by atoms with E-state index in [1.54, 1.807) is 0 Å². The molecule has 0 radical (unpaired) electrons. The Hall–Kier alpha value is -1.03. The summed E-state index contributed by atoms with van der Waals surface area (Å²) in [5, 5.41) is 0. The van der Waals surface area contributed by atoms with Crippen molar-refractivity contribution in [2.24, 2.45) is 10.4 Å². The van der Waals surface area contributed by atoms with Gasteiger partial charge in [-0.2, -0.15) is 0 Å². The molecule has 2 fully saturated rings. The molecule has 2 saturated heterocycles. The third-order valence-corrected chi connectivity index (χ3v) is 4.85. The summed E-state index contributed by atoms with van der Waals surface area (Å²) in [7, 11) is 2.26. The Balaban J connectivity index is 1.67. The first-order valence-electron chi connectivity index (χ1n) is 7.86. The van der Waals surface area contributed by atoms with Crippen LogP contribution in [0.3, 0.4) is 0 Å². The van der Waals surface area contributed by atoms with Crippen molar-refractivity contribution in [3.8, 4) is 0 Å². The Morgan fingerprint density at radius 2 is 2.05 bits per heavy atom. The fourth-order valence-corrected chi connectivity index (χ4v) is 3.52. The molecule has 3 rings (SSSR count). The molecule has 112 valence electrons. The smallest absolute Gasteiger partial charge is 0.111 e. The molecule has 4 nitrogen and oxygen atoms in total. The van der Waals surface area contributed by atoms with E-state index in [0.717, 1.165) is 19.3 Å². The Morgan fingerprint density at radius 1 is 1.25 bits per heavy atom. The highest BCUT2D eigenvalue weighted by atomic mass is 15.4. The van der Waals surface area contributed by atoms with Crippen LogP contribution in [0.15, 0.2) is 16.9 Å². The highest BCUT2D eigenvalue weighted by Crippen LogP contribution is 2.34. The van der Waals surface area contributed by atoms with Gasteiger partial charge in [0.15, 0.2) is 0 Å². The summed E-state index contributed by atoms with van der Waals surface area (Å²) in [5.41, 5.74) is 0.385. The highest BCUT2D eigenvalue weighted by Gasteiger charge is 2.43. The lowest BCUT2D eigenvalue weighted by Crippen LogP contribution is -2.48. The standard InChI is InChI=1S/C16H28N4/c1-16(2,3)6-8-19-12-17-7-5-15(19)20-11-13-9-14(20)10-18(13)4/h5,7,13-14H,6,8-12H2,1-4H3. The van der Waals surface area contributed by atoms with Gasteiger partial charge >= 0.3 is 0 Å². The van der Waals surface area contributed by atoms with Gasteiger partial charge in [-0.05, 0) is 31.4 Å². The number of likely N-dealkylation sites (N-methyl/N-ethyl adjacent to an activating group) is 1. The van der Waals surface area contributed by atoms with Crippen LogP contribution in [0.4, 0.5) is 0 Å². The fraction of sp³-hybridized carbons (Fsp3) is 0.812. The molecule has 0 saturated carbocycles. The molecule has 2 atom stereocenters. The lowest BCUT2D eigenvalue weighted by atomic mass is 9.92. The van der Waals surface area contributed by atoms with E-state index in [2.05, 4.69) is 53.6 Å². The molecule has 0 aromatic carbocycles. The topological polar surface area (TPSA) is 22.1 Å². The van der Waals surface area contributed by atoms with Gasteiger partial charge in [-0.1, -0.05) is 20.8 Å². The van der Waals surface area contributed by atoms with Crippen molar-refractivity contribution in [2.45, 2.75) is 45.7 Å². The van der Waals surface area contributed by atoms with Crippen molar-refractivity contribution >= 4 is 6.21 Å². The summed E-state index contributed by atoms with van der Waals surface area (Å²) in [6.07, 6.45) is 6.74. The lowest BCUT2D eigenvalue weighted by molar-refractivity contribution is 0.128. The number of hydrogen-bond acceptors (Lipinski definition) is 4. The number of allylic oxidation sites excluding steroid dienone is 1. The van der Waals surface area contributed by atoms with Crippen LogP contribution in [0, 0.1) is 5.41 Å². The summed E-state index contributed by atoms with van der Waals surface area (Å²) in [6, 6.07) is 1.46. The summed E-state index contributed by atoms with van der Waals surface area (Å²) in [6.45, 7) is 11.3. The van der Waals surface area contributed by atoms with E-state index in [0.29, 0.717) is 11.5 Å². The largest absolute Gasteiger partial charge is 0.352 e. The Bertz CT molecular complexity index is 419. The zero-order valence-corrected chi connectivity index (χ0v) is 13.3. The van der Waals surface area contributed by atoms with Crippen LogP contribution < -0.4 is 0 Å². The zero-order chi connectivity index (χ0) is 14.3. The molecule has 3 aliphatic rings. The predicted molar refractivity (Wildman–Crippen MR) is 83.7 cm³/mol. The van der Waals surface area contributed by atoms with Crippen molar-refractivity contribution in [1.82, 2.24) is 14.7 Å². The number of piperazine rings is 1. The van der Waals surface area contributed by atoms with Gasteiger partial charge in [-0.3, -0.25) is 9.89 Å². The van der Waals surface area contributed by atoms with Gasteiger partial charge < -0.3 is 9.80 Å². The molecule has 20 heavy (non-hydrogen) atoms. The molecule has 2 unspecified atom stereocenters. The summed E-state index contributed by atoms with van der Waals surface area (Å²) < 4.78 is 0. The van der Waals surface area contributed by atoms with Crippen LogP contribution in [-0.4, -0.2) is 66.3 Å². The maximum absolute atomic E-state index is 4.45. The molecular weight excluding hydrogens is 248 g/mol. The van der Waals surface area contributed by atoms with Gasteiger partial charge in [0.1, 0.15) is 12.5 Å². The number of rotatable bonds is 3. The van der Waals surface area contributed by atoms with E-state index in [1.165, 1.54) is 31.8 Å². The molecular formula is C16H28N4. The average Bonchev–Trinajstić information content (AvgIpc) is 2.94. The molecule has 0 N–H and O–H groups in total. The van der Waals surface area contributed by atoms with Crippen LogP contribution in [-0.2, 0) is 0 Å². The molecule has 0 aromatic heterocycles. The van der Waals surface area contributed by atoms with Crippen molar-refractivity contribution in [2.75, 3.05) is 33.4 Å². The average molecular weight is 276 g/mol. The van der Waals surface area contributed by atoms with E-state index in [1.807, 2.05) is 6.21 Å². The first-order valence-corrected chi connectivity index (χ1v) is 7.86. The van der Waals surface area contributed by atoms with Gasteiger partial charge in [-0.15, -0.1) is 0 Å². The Morgan fingerprint density at radius 3 is 2.65 bits per heavy atom. The summed E-state index contributed by atoms with van der Waals surface area (Å²) in [5.74, 6) is 1.41. The minimum atomic E-state index is 0.385. The van der Waals surface area contributed by atoms with Crippen molar-refractivity contribution < 1.29 is 0 Å². The van der Waals surface area contributed by atoms with Crippen LogP contribution in [0.5, 0.6) is 0 Å². The third kappa shape index (κ3) is 2.71. The molecule has 0 spiro atoms. The van der Waals surface area contributed by atoms with Crippen molar-refractivity contribution in [3.05, 3.63) is 11.9 Å². The number of likely N-dealkylation sites (tertiary alicyclic amines) is 2. The first-order chi connectivity index (χ1) is 9.44. The van der Waals surface area contributed by atoms with Gasteiger partial charge in [0, 0.05) is 37.9 Å². The molecule has 4 heteroatoms.